The fourth-order valence-electron chi connectivity index (χ4n) is 3.29. The predicted octanol–water partition coefficient (Wildman–Crippen LogP) is 3.23. The number of para-hydroxylation sites is 1. The molecule has 2 heterocycles. The van der Waals surface area contributed by atoms with Crippen molar-refractivity contribution >= 4 is 0 Å². The van der Waals surface area contributed by atoms with Gasteiger partial charge < -0.3 is 10.2 Å². The first kappa shape index (κ1) is 16.2. The molecule has 1 saturated heterocycles. The molecule has 1 aliphatic rings. The zero-order valence-electron chi connectivity index (χ0n) is 14.1. The number of piperidine rings is 1. The van der Waals surface area contributed by atoms with Crippen LogP contribution in [-0.2, 0) is 6.54 Å². The first-order chi connectivity index (χ1) is 11.3. The van der Waals surface area contributed by atoms with Gasteiger partial charge in [0, 0.05) is 18.8 Å². The van der Waals surface area contributed by atoms with Gasteiger partial charge in [-0.25, -0.2) is 4.68 Å². The highest BCUT2D eigenvalue weighted by atomic mass is 15.3. The Bertz CT molecular complexity index is 578. The molecule has 3 rings (SSSR count). The van der Waals surface area contributed by atoms with Crippen molar-refractivity contribution in [3.63, 3.8) is 0 Å². The highest BCUT2D eigenvalue weighted by Crippen LogP contribution is 2.16. The summed E-state index contributed by atoms with van der Waals surface area (Å²) in [4.78, 5) is 2.63. The van der Waals surface area contributed by atoms with Crippen molar-refractivity contribution in [2.24, 2.45) is 0 Å². The monoisotopic (exact) mass is 312 g/mol. The summed E-state index contributed by atoms with van der Waals surface area (Å²) in [7, 11) is 0. The summed E-state index contributed by atoms with van der Waals surface area (Å²) in [5, 5.41) is 8.14. The highest BCUT2D eigenvalue weighted by Gasteiger charge is 2.16. The van der Waals surface area contributed by atoms with Gasteiger partial charge in [-0.2, -0.15) is 5.10 Å². The summed E-state index contributed by atoms with van der Waals surface area (Å²) in [6, 6.07) is 13.1. The quantitative estimate of drug-likeness (QED) is 0.797. The lowest BCUT2D eigenvalue weighted by atomic mass is 10.0. The molecule has 0 aliphatic carbocycles. The Morgan fingerprint density at radius 1 is 1.17 bits per heavy atom. The van der Waals surface area contributed by atoms with E-state index in [4.69, 9.17) is 0 Å². The van der Waals surface area contributed by atoms with E-state index < -0.39 is 0 Å². The number of rotatable bonds is 7. The van der Waals surface area contributed by atoms with Crippen LogP contribution >= 0.6 is 0 Å². The number of aromatic nitrogens is 2. The topological polar surface area (TPSA) is 33.1 Å². The smallest absolute Gasteiger partial charge is 0.0766 e. The molecule has 1 aromatic carbocycles. The van der Waals surface area contributed by atoms with Crippen LogP contribution in [0.15, 0.2) is 42.6 Å². The molecular weight excluding hydrogens is 284 g/mol. The molecule has 1 aromatic heterocycles. The largest absolute Gasteiger partial charge is 0.311 e. The maximum absolute atomic E-state index is 4.62. The van der Waals surface area contributed by atoms with Crippen LogP contribution in [-0.4, -0.2) is 40.4 Å². The lowest BCUT2D eigenvalue weighted by molar-refractivity contribution is 0.159. The van der Waals surface area contributed by atoms with Gasteiger partial charge in [0.1, 0.15) is 0 Å². The fourth-order valence-corrected chi connectivity index (χ4v) is 3.29. The molecule has 0 spiro atoms. The lowest BCUT2D eigenvalue weighted by Crippen LogP contribution is -2.38. The van der Waals surface area contributed by atoms with Gasteiger partial charge >= 0.3 is 0 Å². The zero-order valence-corrected chi connectivity index (χ0v) is 14.1. The number of hydrogen-bond donors (Lipinski definition) is 1. The van der Waals surface area contributed by atoms with Gasteiger partial charge in [-0.3, -0.25) is 0 Å². The number of nitrogens with one attached hydrogen (secondary N) is 1. The van der Waals surface area contributed by atoms with E-state index in [1.165, 1.54) is 38.8 Å². The Labute approximate surface area is 139 Å². The van der Waals surface area contributed by atoms with Crippen LogP contribution in [0.5, 0.6) is 0 Å². The fraction of sp³-hybridized carbons (Fsp3) is 0.526. The van der Waals surface area contributed by atoms with Gasteiger partial charge in [-0.05, 0) is 64.0 Å². The highest BCUT2D eigenvalue weighted by molar-refractivity contribution is 5.30. The van der Waals surface area contributed by atoms with E-state index in [2.05, 4.69) is 40.4 Å². The molecule has 1 unspecified atom stereocenters. The van der Waals surface area contributed by atoms with E-state index in [0.29, 0.717) is 0 Å². The van der Waals surface area contributed by atoms with Crippen LogP contribution in [0.4, 0.5) is 0 Å². The van der Waals surface area contributed by atoms with Crippen molar-refractivity contribution < 1.29 is 0 Å². The first-order valence-corrected chi connectivity index (χ1v) is 8.88. The Kier molecular flexibility index (Phi) is 5.83. The van der Waals surface area contributed by atoms with Gasteiger partial charge in [0.25, 0.3) is 0 Å². The van der Waals surface area contributed by atoms with Crippen molar-refractivity contribution in [3.8, 4) is 5.69 Å². The average Bonchev–Trinajstić information content (AvgIpc) is 3.06. The minimum atomic E-state index is 0.769. The van der Waals surface area contributed by atoms with Gasteiger partial charge in [0.15, 0.2) is 0 Å². The molecule has 1 aliphatic heterocycles. The second-order valence-corrected chi connectivity index (χ2v) is 6.50. The van der Waals surface area contributed by atoms with Crippen molar-refractivity contribution in [2.45, 2.75) is 45.2 Å². The minimum Gasteiger partial charge on any atom is -0.311 e. The summed E-state index contributed by atoms with van der Waals surface area (Å²) in [5.74, 6) is 0. The molecule has 0 bridgehead atoms. The van der Waals surface area contributed by atoms with Gasteiger partial charge in [0.05, 0.1) is 11.4 Å². The molecule has 1 atom stereocenters. The third-order valence-corrected chi connectivity index (χ3v) is 4.71. The van der Waals surface area contributed by atoms with Crippen LogP contribution in [0, 0.1) is 0 Å². The lowest BCUT2D eigenvalue weighted by Gasteiger charge is -2.33. The van der Waals surface area contributed by atoms with Gasteiger partial charge in [0.2, 0.25) is 0 Å². The van der Waals surface area contributed by atoms with E-state index in [9.17, 15) is 0 Å². The van der Waals surface area contributed by atoms with Crippen LogP contribution in [0.3, 0.4) is 0 Å². The van der Waals surface area contributed by atoms with Crippen molar-refractivity contribution in [3.05, 3.63) is 48.3 Å². The maximum atomic E-state index is 4.62. The van der Waals surface area contributed by atoms with E-state index in [0.717, 1.165) is 30.5 Å². The first-order valence-electron chi connectivity index (χ1n) is 8.88. The number of hydrogen-bond acceptors (Lipinski definition) is 3. The summed E-state index contributed by atoms with van der Waals surface area (Å²) < 4.78 is 1.94. The van der Waals surface area contributed by atoms with E-state index >= 15 is 0 Å². The van der Waals surface area contributed by atoms with Crippen LogP contribution in [0.1, 0.15) is 38.3 Å². The molecule has 124 valence electrons. The number of benzene rings is 1. The summed E-state index contributed by atoms with van der Waals surface area (Å²) >= 11 is 0. The molecule has 2 aromatic rings. The van der Waals surface area contributed by atoms with Crippen molar-refractivity contribution in [2.75, 3.05) is 19.6 Å². The van der Waals surface area contributed by atoms with Crippen molar-refractivity contribution in [1.29, 1.82) is 0 Å². The second-order valence-electron chi connectivity index (χ2n) is 6.50. The summed E-state index contributed by atoms with van der Waals surface area (Å²) in [5.41, 5.74) is 2.21. The molecule has 0 radical (unpaired) electrons. The molecule has 1 N–H and O–H groups in total. The van der Waals surface area contributed by atoms with Crippen molar-refractivity contribution in [1.82, 2.24) is 20.0 Å². The SMILES string of the molecule is CC1CCCCN1CCCNCc1ccn(-c2ccccc2)n1. The van der Waals surface area contributed by atoms with Gasteiger partial charge in [-0.15, -0.1) is 0 Å². The standard InChI is InChI=1S/C19H28N4/c1-17-8-5-6-13-22(17)14-7-12-20-16-18-11-15-23(21-18)19-9-3-2-4-10-19/h2-4,9-11,15,17,20H,5-8,12-14,16H2,1H3. The Morgan fingerprint density at radius 2 is 2.04 bits per heavy atom. The average molecular weight is 312 g/mol. The normalized spacial score (nSPS) is 19.1. The molecule has 0 saturated carbocycles. The molecule has 23 heavy (non-hydrogen) atoms. The third kappa shape index (κ3) is 4.66. The summed E-state index contributed by atoms with van der Waals surface area (Å²) in [6.07, 6.45) is 7.38. The maximum Gasteiger partial charge on any atom is 0.0766 e. The predicted molar refractivity (Wildman–Crippen MR) is 94.8 cm³/mol. The Balaban J connectivity index is 1.37. The zero-order chi connectivity index (χ0) is 15.9. The summed E-state index contributed by atoms with van der Waals surface area (Å²) in [6.45, 7) is 6.76. The molecular formula is C19H28N4. The molecule has 1 fully saturated rings. The minimum absolute atomic E-state index is 0.769. The van der Waals surface area contributed by atoms with Crippen LogP contribution < -0.4 is 5.32 Å². The molecule has 4 nitrogen and oxygen atoms in total. The third-order valence-electron chi connectivity index (χ3n) is 4.71. The second kappa shape index (κ2) is 8.27. The Hall–Kier alpha value is -1.65. The van der Waals surface area contributed by atoms with E-state index in [1.807, 2.05) is 29.1 Å². The van der Waals surface area contributed by atoms with Crippen LogP contribution in [0.25, 0.3) is 5.69 Å². The number of likely N-dealkylation sites (tertiary alicyclic amines) is 1. The number of nitrogens with zero attached hydrogens (tertiary/aromatic N) is 3. The van der Waals surface area contributed by atoms with Gasteiger partial charge in [-0.1, -0.05) is 24.6 Å². The molecule has 4 heteroatoms. The van der Waals surface area contributed by atoms with E-state index in [-0.39, 0.29) is 0 Å². The van der Waals surface area contributed by atoms with E-state index in [1.54, 1.807) is 0 Å². The Morgan fingerprint density at radius 3 is 2.87 bits per heavy atom. The van der Waals surface area contributed by atoms with Crippen LogP contribution in [0.2, 0.25) is 0 Å². The molecule has 0 amide bonds.